The van der Waals surface area contributed by atoms with Gasteiger partial charge in [-0.3, -0.25) is 0 Å². The van der Waals surface area contributed by atoms with E-state index in [0.29, 0.717) is 0 Å². The Kier molecular flexibility index (Phi) is 12.8. The summed E-state index contributed by atoms with van der Waals surface area (Å²) in [6, 6.07) is 2.05. The van der Waals surface area contributed by atoms with Gasteiger partial charge in [-0.2, -0.15) is 0 Å². The van der Waals surface area contributed by atoms with Crippen LogP contribution in [0.3, 0.4) is 0 Å². The molecule has 0 fully saturated rings. The van der Waals surface area contributed by atoms with E-state index in [9.17, 15) is 0 Å². The number of aryl methyl sites for hydroxylation is 1. The zero-order chi connectivity index (χ0) is 20.6. The largest absolute Gasteiger partial charge is 0.472 e. The quantitative estimate of drug-likeness (QED) is 0.246. The number of hydrogen-bond acceptors (Lipinski definition) is 1. The van der Waals surface area contributed by atoms with Gasteiger partial charge in [0.15, 0.2) is 0 Å². The zero-order valence-electron chi connectivity index (χ0n) is 18.8. The maximum atomic E-state index is 5.11. The second-order valence-corrected chi connectivity index (χ2v) is 7.89. The molecule has 0 aromatic carbocycles. The first-order valence-electron chi connectivity index (χ1n) is 10.8. The Labute approximate surface area is 173 Å². The van der Waals surface area contributed by atoms with Crippen molar-refractivity contribution >= 4 is 0 Å². The molecule has 0 aliphatic heterocycles. The summed E-state index contributed by atoms with van der Waals surface area (Å²) in [5.74, 6) is 0. The van der Waals surface area contributed by atoms with E-state index in [-0.39, 0.29) is 0 Å². The standard InChI is InChI=1S/C27H40O/c1-6-11-23(2)12-7-13-24(3)14-8-15-25(4)16-9-17-26(5)18-10-19-27-20-21-28-22-27/h6,11-12,14,16,18,20-22H,7-10,13,15,17,19H2,1-5H3. The molecule has 0 radical (unpaired) electrons. The Morgan fingerprint density at radius 2 is 1.32 bits per heavy atom. The van der Waals surface area contributed by atoms with Gasteiger partial charge in [0.25, 0.3) is 0 Å². The number of allylic oxidation sites excluding steroid dienone is 10. The lowest BCUT2D eigenvalue weighted by Crippen LogP contribution is -1.83. The summed E-state index contributed by atoms with van der Waals surface area (Å²) in [5, 5.41) is 0. The molecule has 0 saturated carbocycles. The van der Waals surface area contributed by atoms with E-state index in [0.717, 1.165) is 38.5 Å². The molecular weight excluding hydrogens is 340 g/mol. The van der Waals surface area contributed by atoms with E-state index in [1.165, 1.54) is 40.7 Å². The lowest BCUT2D eigenvalue weighted by atomic mass is 10.0. The molecule has 1 aromatic rings. The van der Waals surface area contributed by atoms with Crippen LogP contribution < -0.4 is 0 Å². The number of rotatable bonds is 13. The lowest BCUT2D eigenvalue weighted by Gasteiger charge is -2.03. The van der Waals surface area contributed by atoms with Crippen LogP contribution in [0.4, 0.5) is 0 Å². The van der Waals surface area contributed by atoms with Crippen LogP contribution in [-0.4, -0.2) is 0 Å². The second kappa shape index (κ2) is 15.0. The molecule has 154 valence electrons. The molecule has 1 heterocycles. The number of furan rings is 1. The number of hydrogen-bond donors (Lipinski definition) is 0. The molecule has 0 atom stereocenters. The van der Waals surface area contributed by atoms with Crippen LogP contribution >= 0.6 is 0 Å². The zero-order valence-corrected chi connectivity index (χ0v) is 18.8. The van der Waals surface area contributed by atoms with Gasteiger partial charge in [0.1, 0.15) is 0 Å². The second-order valence-electron chi connectivity index (χ2n) is 7.89. The van der Waals surface area contributed by atoms with Gasteiger partial charge < -0.3 is 4.42 Å². The van der Waals surface area contributed by atoms with Crippen LogP contribution in [0.1, 0.15) is 85.1 Å². The van der Waals surface area contributed by atoms with Crippen LogP contribution in [0, 0.1) is 0 Å². The smallest absolute Gasteiger partial charge is 0.0934 e. The van der Waals surface area contributed by atoms with Gasteiger partial charge in [0.05, 0.1) is 12.5 Å². The first-order valence-corrected chi connectivity index (χ1v) is 10.8. The van der Waals surface area contributed by atoms with Gasteiger partial charge in [-0.25, -0.2) is 0 Å². The third kappa shape index (κ3) is 12.4. The van der Waals surface area contributed by atoms with Crippen molar-refractivity contribution in [3.05, 3.63) is 82.9 Å². The van der Waals surface area contributed by atoms with Crippen LogP contribution in [0.15, 0.2) is 81.8 Å². The molecular formula is C27H40O. The molecule has 0 spiro atoms. The van der Waals surface area contributed by atoms with Crippen LogP contribution in [0.25, 0.3) is 0 Å². The van der Waals surface area contributed by atoms with Crippen molar-refractivity contribution in [2.24, 2.45) is 0 Å². The minimum absolute atomic E-state index is 1.07. The lowest BCUT2D eigenvalue weighted by molar-refractivity contribution is 0.564. The molecule has 0 N–H and O–H groups in total. The molecule has 1 rings (SSSR count). The predicted octanol–water partition coefficient (Wildman–Crippen LogP) is 8.91. The molecule has 1 nitrogen and oxygen atoms in total. The van der Waals surface area contributed by atoms with E-state index >= 15 is 0 Å². The summed E-state index contributed by atoms with van der Waals surface area (Å²) in [6.45, 7) is 11.0. The topological polar surface area (TPSA) is 13.1 Å². The summed E-state index contributed by atoms with van der Waals surface area (Å²) in [4.78, 5) is 0. The molecule has 0 unspecified atom stereocenters. The van der Waals surface area contributed by atoms with Crippen molar-refractivity contribution in [2.45, 2.75) is 86.0 Å². The van der Waals surface area contributed by atoms with Crippen molar-refractivity contribution in [1.29, 1.82) is 0 Å². The third-order valence-corrected chi connectivity index (χ3v) is 5.00. The highest BCUT2D eigenvalue weighted by molar-refractivity contribution is 5.16. The van der Waals surface area contributed by atoms with Gasteiger partial charge in [0.2, 0.25) is 0 Å². The Hall–Kier alpha value is -2.02. The summed E-state index contributed by atoms with van der Waals surface area (Å²) in [5.41, 5.74) is 7.16. The monoisotopic (exact) mass is 380 g/mol. The van der Waals surface area contributed by atoms with Crippen molar-refractivity contribution < 1.29 is 4.42 Å². The molecule has 0 amide bonds. The van der Waals surface area contributed by atoms with Crippen LogP contribution in [0.5, 0.6) is 0 Å². The summed E-state index contributed by atoms with van der Waals surface area (Å²) in [7, 11) is 0. The summed E-state index contributed by atoms with van der Waals surface area (Å²) < 4.78 is 5.11. The Balaban J connectivity index is 2.20. The van der Waals surface area contributed by atoms with E-state index in [1.807, 2.05) is 12.3 Å². The molecule has 1 aromatic heterocycles. The summed E-state index contributed by atoms with van der Waals surface area (Å²) in [6.07, 6.45) is 26.5. The molecule has 0 saturated heterocycles. The molecule has 1 heteroatoms. The van der Waals surface area contributed by atoms with Crippen molar-refractivity contribution in [3.63, 3.8) is 0 Å². The molecule has 28 heavy (non-hydrogen) atoms. The van der Waals surface area contributed by atoms with E-state index in [2.05, 4.69) is 71.1 Å². The Bertz CT molecular complexity index is 678. The minimum atomic E-state index is 1.07. The fourth-order valence-corrected chi connectivity index (χ4v) is 3.18. The SMILES string of the molecule is CC=CC(C)=CCCC(C)=CCCC(C)=CCCC(C)=CCCc1ccoc1. The fraction of sp³-hybridized carbons (Fsp3) is 0.481. The van der Waals surface area contributed by atoms with E-state index in [4.69, 9.17) is 4.42 Å². The van der Waals surface area contributed by atoms with Gasteiger partial charge in [-0.1, -0.05) is 58.7 Å². The highest BCUT2D eigenvalue weighted by atomic mass is 16.3. The van der Waals surface area contributed by atoms with Gasteiger partial charge >= 0.3 is 0 Å². The van der Waals surface area contributed by atoms with Gasteiger partial charge in [0, 0.05) is 0 Å². The van der Waals surface area contributed by atoms with Crippen molar-refractivity contribution in [3.8, 4) is 0 Å². The molecule has 0 bridgehead atoms. The van der Waals surface area contributed by atoms with Gasteiger partial charge in [-0.05, 0) is 97.6 Å². The van der Waals surface area contributed by atoms with E-state index < -0.39 is 0 Å². The Morgan fingerprint density at radius 1 is 0.786 bits per heavy atom. The normalized spacial score (nSPS) is 14.3. The molecule has 0 aliphatic rings. The third-order valence-electron chi connectivity index (χ3n) is 5.00. The predicted molar refractivity (Wildman–Crippen MR) is 125 cm³/mol. The maximum Gasteiger partial charge on any atom is 0.0934 e. The van der Waals surface area contributed by atoms with Crippen LogP contribution in [-0.2, 0) is 6.42 Å². The molecule has 0 aliphatic carbocycles. The average Bonchev–Trinajstić information content (AvgIpc) is 3.15. The average molecular weight is 381 g/mol. The van der Waals surface area contributed by atoms with E-state index in [1.54, 1.807) is 6.26 Å². The Morgan fingerprint density at radius 3 is 1.82 bits per heavy atom. The van der Waals surface area contributed by atoms with Crippen molar-refractivity contribution in [1.82, 2.24) is 0 Å². The van der Waals surface area contributed by atoms with Gasteiger partial charge in [-0.15, -0.1) is 0 Å². The first-order chi connectivity index (χ1) is 13.5. The van der Waals surface area contributed by atoms with Crippen molar-refractivity contribution in [2.75, 3.05) is 0 Å². The first kappa shape index (κ1) is 24.0. The fourth-order valence-electron chi connectivity index (χ4n) is 3.18. The highest BCUT2D eigenvalue weighted by Gasteiger charge is 1.95. The van der Waals surface area contributed by atoms with Crippen LogP contribution in [0.2, 0.25) is 0 Å². The summed E-state index contributed by atoms with van der Waals surface area (Å²) >= 11 is 0. The minimum Gasteiger partial charge on any atom is -0.472 e. The maximum absolute atomic E-state index is 5.11. The highest BCUT2D eigenvalue weighted by Crippen LogP contribution is 2.14.